The zero-order chi connectivity index (χ0) is 14.5. The van der Waals surface area contributed by atoms with Crippen molar-refractivity contribution in [2.24, 2.45) is 0 Å². The molecule has 106 valence electrons. The molecular weight excluding hydrogens is 274 g/mol. The number of amides is 1. The van der Waals surface area contributed by atoms with E-state index in [2.05, 4.69) is 5.32 Å². The van der Waals surface area contributed by atoms with Crippen molar-refractivity contribution in [3.8, 4) is 0 Å². The maximum atomic E-state index is 11.8. The second kappa shape index (κ2) is 6.38. The number of thiazole rings is 1. The maximum absolute atomic E-state index is 11.8. The highest BCUT2D eigenvalue weighted by Gasteiger charge is 2.05. The van der Waals surface area contributed by atoms with Gasteiger partial charge in [0, 0.05) is 35.4 Å². The second-order valence-corrected chi connectivity index (χ2v) is 5.39. The molecule has 0 aliphatic heterocycles. The van der Waals surface area contributed by atoms with E-state index in [0.717, 1.165) is 11.4 Å². The number of carbonyl (C=O) groups is 1. The third kappa shape index (κ3) is 3.71. The van der Waals surface area contributed by atoms with Crippen LogP contribution in [-0.4, -0.2) is 10.5 Å². The molecule has 1 aromatic heterocycles. The Kier molecular flexibility index (Phi) is 4.57. The number of hydrogen-bond acceptors (Lipinski definition) is 4. The summed E-state index contributed by atoms with van der Waals surface area (Å²) >= 11 is 1.19. The van der Waals surface area contributed by atoms with Crippen LogP contribution < -0.4 is 15.9 Å². The number of carbonyl (C=O) groups excluding carboxylic acids is 1. The van der Waals surface area contributed by atoms with Crippen molar-refractivity contribution < 1.29 is 4.79 Å². The van der Waals surface area contributed by atoms with Gasteiger partial charge >= 0.3 is 4.87 Å². The standard InChI is InChI=1S/C14H17N3O2S/c1-10-9-20-14(19)17(10)8-2-3-13(18)16-12-6-4-11(15)5-7-12/h4-7,9H,2-3,8,15H2,1H3,(H,16,18). The van der Waals surface area contributed by atoms with Crippen LogP contribution in [0.15, 0.2) is 34.4 Å². The van der Waals surface area contributed by atoms with E-state index in [1.54, 1.807) is 28.8 Å². The van der Waals surface area contributed by atoms with Crippen molar-refractivity contribution in [3.05, 3.63) is 45.0 Å². The minimum absolute atomic E-state index is 0.0291. The molecule has 20 heavy (non-hydrogen) atoms. The summed E-state index contributed by atoms with van der Waals surface area (Å²) in [7, 11) is 0. The van der Waals surface area contributed by atoms with Gasteiger partial charge in [0.2, 0.25) is 5.91 Å². The molecule has 0 saturated heterocycles. The van der Waals surface area contributed by atoms with Gasteiger partial charge in [-0.2, -0.15) is 0 Å². The van der Waals surface area contributed by atoms with Gasteiger partial charge in [0.25, 0.3) is 0 Å². The van der Waals surface area contributed by atoms with Crippen molar-refractivity contribution in [2.45, 2.75) is 26.3 Å². The Morgan fingerprint density at radius 2 is 2.05 bits per heavy atom. The van der Waals surface area contributed by atoms with Gasteiger partial charge in [-0.25, -0.2) is 0 Å². The van der Waals surface area contributed by atoms with Gasteiger partial charge in [0.15, 0.2) is 0 Å². The molecule has 0 atom stereocenters. The first-order chi connectivity index (χ1) is 9.56. The highest BCUT2D eigenvalue weighted by molar-refractivity contribution is 7.07. The third-order valence-electron chi connectivity index (χ3n) is 2.96. The van der Waals surface area contributed by atoms with Crippen LogP contribution in [0, 0.1) is 6.92 Å². The van der Waals surface area contributed by atoms with Crippen molar-refractivity contribution in [1.82, 2.24) is 4.57 Å². The monoisotopic (exact) mass is 291 g/mol. The minimum atomic E-state index is -0.0595. The first kappa shape index (κ1) is 14.3. The average molecular weight is 291 g/mol. The number of hydrogen-bond donors (Lipinski definition) is 2. The van der Waals surface area contributed by atoms with Crippen molar-refractivity contribution >= 4 is 28.6 Å². The van der Waals surface area contributed by atoms with E-state index in [9.17, 15) is 9.59 Å². The maximum Gasteiger partial charge on any atom is 0.307 e. The molecule has 0 bridgehead atoms. The summed E-state index contributed by atoms with van der Waals surface area (Å²) in [5.74, 6) is -0.0595. The molecule has 1 aromatic carbocycles. The topological polar surface area (TPSA) is 77.1 Å². The molecule has 0 spiro atoms. The van der Waals surface area contributed by atoms with Gasteiger partial charge in [0.05, 0.1) is 0 Å². The molecule has 3 N–H and O–H groups in total. The lowest BCUT2D eigenvalue weighted by Gasteiger charge is -2.06. The number of nitrogens with two attached hydrogens (primary N) is 1. The average Bonchev–Trinajstić information content (AvgIpc) is 2.73. The lowest BCUT2D eigenvalue weighted by molar-refractivity contribution is -0.116. The van der Waals surface area contributed by atoms with Crippen LogP contribution in [0.1, 0.15) is 18.5 Å². The Bertz CT molecular complexity index is 643. The summed E-state index contributed by atoms with van der Waals surface area (Å²) in [6.45, 7) is 2.47. The number of aryl methyl sites for hydroxylation is 1. The van der Waals surface area contributed by atoms with Crippen molar-refractivity contribution in [3.63, 3.8) is 0 Å². The molecule has 6 heteroatoms. The van der Waals surface area contributed by atoms with E-state index in [4.69, 9.17) is 5.73 Å². The Balaban J connectivity index is 1.81. The summed E-state index contributed by atoms with van der Waals surface area (Å²) in [6, 6.07) is 7.01. The molecule has 0 aliphatic carbocycles. The molecule has 0 saturated carbocycles. The van der Waals surface area contributed by atoms with Gasteiger partial charge in [-0.15, -0.1) is 0 Å². The molecular formula is C14H17N3O2S. The largest absolute Gasteiger partial charge is 0.399 e. The van der Waals surface area contributed by atoms with E-state index in [1.807, 2.05) is 12.3 Å². The number of nitrogen functional groups attached to an aromatic ring is 1. The van der Waals surface area contributed by atoms with Crippen molar-refractivity contribution in [2.75, 3.05) is 11.1 Å². The molecule has 2 rings (SSSR count). The van der Waals surface area contributed by atoms with Crippen LogP contribution in [0.4, 0.5) is 11.4 Å². The Labute approximate surface area is 121 Å². The van der Waals surface area contributed by atoms with Crippen LogP contribution in [0.25, 0.3) is 0 Å². The van der Waals surface area contributed by atoms with Crippen LogP contribution in [-0.2, 0) is 11.3 Å². The van der Waals surface area contributed by atoms with Crippen LogP contribution in [0.5, 0.6) is 0 Å². The SMILES string of the molecule is Cc1csc(=O)n1CCCC(=O)Nc1ccc(N)cc1. The summed E-state index contributed by atoms with van der Waals surface area (Å²) in [6.07, 6.45) is 1.02. The van der Waals surface area contributed by atoms with E-state index in [-0.39, 0.29) is 10.8 Å². The molecule has 0 radical (unpaired) electrons. The van der Waals surface area contributed by atoms with E-state index in [1.165, 1.54) is 11.3 Å². The Morgan fingerprint density at radius 1 is 1.35 bits per heavy atom. The van der Waals surface area contributed by atoms with E-state index < -0.39 is 0 Å². The molecule has 0 fully saturated rings. The first-order valence-corrected chi connectivity index (χ1v) is 7.24. The highest BCUT2D eigenvalue weighted by Crippen LogP contribution is 2.11. The summed E-state index contributed by atoms with van der Waals surface area (Å²) < 4.78 is 1.70. The van der Waals surface area contributed by atoms with E-state index >= 15 is 0 Å². The molecule has 2 aromatic rings. The normalized spacial score (nSPS) is 10.4. The number of nitrogens with one attached hydrogen (secondary N) is 1. The summed E-state index contributed by atoms with van der Waals surface area (Å²) in [5.41, 5.74) is 7.91. The zero-order valence-electron chi connectivity index (χ0n) is 11.3. The van der Waals surface area contributed by atoms with Gasteiger partial charge < -0.3 is 15.6 Å². The quantitative estimate of drug-likeness (QED) is 0.829. The van der Waals surface area contributed by atoms with Gasteiger partial charge in [-0.3, -0.25) is 9.59 Å². The molecule has 5 nitrogen and oxygen atoms in total. The number of rotatable bonds is 5. The molecule has 1 heterocycles. The summed E-state index contributed by atoms with van der Waals surface area (Å²) in [4.78, 5) is 23.3. The summed E-state index contributed by atoms with van der Waals surface area (Å²) in [5, 5.41) is 4.63. The smallest absolute Gasteiger partial charge is 0.307 e. The second-order valence-electron chi connectivity index (χ2n) is 4.57. The molecule has 0 aliphatic rings. The number of aromatic nitrogens is 1. The van der Waals surface area contributed by atoms with Crippen LogP contribution >= 0.6 is 11.3 Å². The van der Waals surface area contributed by atoms with Crippen LogP contribution in [0.2, 0.25) is 0 Å². The fraction of sp³-hybridized carbons (Fsp3) is 0.286. The van der Waals surface area contributed by atoms with Gasteiger partial charge in [-0.05, 0) is 37.6 Å². The zero-order valence-corrected chi connectivity index (χ0v) is 12.1. The molecule has 1 amide bonds. The lowest BCUT2D eigenvalue weighted by Crippen LogP contribution is -2.17. The Hall–Kier alpha value is -2.08. The van der Waals surface area contributed by atoms with Gasteiger partial charge in [0.1, 0.15) is 0 Å². The molecule has 0 unspecified atom stereocenters. The first-order valence-electron chi connectivity index (χ1n) is 6.36. The predicted octanol–water partition coefficient (Wildman–Crippen LogP) is 2.22. The third-order valence-corrected chi connectivity index (χ3v) is 3.84. The van der Waals surface area contributed by atoms with Gasteiger partial charge in [-0.1, -0.05) is 11.3 Å². The Morgan fingerprint density at radius 3 is 2.65 bits per heavy atom. The minimum Gasteiger partial charge on any atom is -0.399 e. The number of benzene rings is 1. The fourth-order valence-corrected chi connectivity index (χ4v) is 2.62. The fourth-order valence-electron chi connectivity index (χ4n) is 1.86. The van der Waals surface area contributed by atoms with Crippen LogP contribution in [0.3, 0.4) is 0 Å². The lowest BCUT2D eigenvalue weighted by atomic mass is 10.2. The van der Waals surface area contributed by atoms with Crippen molar-refractivity contribution in [1.29, 1.82) is 0 Å². The number of anilines is 2. The van der Waals surface area contributed by atoms with E-state index in [0.29, 0.717) is 25.1 Å². The number of nitrogens with zero attached hydrogens (tertiary/aromatic N) is 1. The highest BCUT2D eigenvalue weighted by atomic mass is 32.1. The predicted molar refractivity (Wildman–Crippen MR) is 82.0 cm³/mol.